The Morgan fingerprint density at radius 1 is 1.06 bits per heavy atom. The zero-order chi connectivity index (χ0) is 12.6. The summed E-state index contributed by atoms with van der Waals surface area (Å²) in [6, 6.07) is 9.46. The zero-order valence-electron chi connectivity index (χ0n) is 11.0. The van der Waals surface area contributed by atoms with E-state index >= 15 is 0 Å². The van der Waals surface area contributed by atoms with Crippen LogP contribution in [-0.4, -0.2) is 12.5 Å². The van der Waals surface area contributed by atoms with E-state index in [9.17, 15) is 4.79 Å². The molecule has 18 heavy (non-hydrogen) atoms. The van der Waals surface area contributed by atoms with Gasteiger partial charge >= 0.3 is 0 Å². The minimum Gasteiger partial charge on any atom is -0.352 e. The van der Waals surface area contributed by atoms with E-state index in [4.69, 9.17) is 0 Å². The fourth-order valence-corrected chi connectivity index (χ4v) is 2.73. The van der Waals surface area contributed by atoms with E-state index in [1.54, 1.807) is 0 Å². The van der Waals surface area contributed by atoms with Crippen LogP contribution in [0, 0.1) is 5.92 Å². The third-order valence-corrected chi connectivity index (χ3v) is 3.85. The molecule has 2 nitrogen and oxygen atoms in total. The van der Waals surface area contributed by atoms with Crippen LogP contribution < -0.4 is 5.32 Å². The monoisotopic (exact) mass is 245 g/mol. The van der Waals surface area contributed by atoms with Crippen molar-refractivity contribution in [3.63, 3.8) is 0 Å². The van der Waals surface area contributed by atoms with Gasteiger partial charge in [0.1, 0.15) is 0 Å². The van der Waals surface area contributed by atoms with E-state index in [1.807, 2.05) is 30.3 Å². The molecule has 0 saturated heterocycles. The summed E-state index contributed by atoms with van der Waals surface area (Å²) in [5.41, 5.74) is 0.762. The van der Waals surface area contributed by atoms with Crippen LogP contribution in [0.25, 0.3) is 0 Å². The topological polar surface area (TPSA) is 29.1 Å². The minimum absolute atomic E-state index is 0.0595. The van der Waals surface area contributed by atoms with Gasteiger partial charge in [-0.1, -0.05) is 56.7 Å². The Morgan fingerprint density at radius 2 is 1.72 bits per heavy atom. The number of nitrogens with one attached hydrogen (secondary N) is 1. The summed E-state index contributed by atoms with van der Waals surface area (Å²) in [4.78, 5) is 11.8. The lowest BCUT2D eigenvalue weighted by Crippen LogP contribution is -2.25. The van der Waals surface area contributed by atoms with Crippen molar-refractivity contribution in [3.8, 4) is 0 Å². The van der Waals surface area contributed by atoms with Crippen molar-refractivity contribution in [2.75, 3.05) is 6.54 Å². The molecule has 1 amide bonds. The van der Waals surface area contributed by atoms with Crippen molar-refractivity contribution >= 4 is 5.91 Å². The first-order valence-electron chi connectivity index (χ1n) is 7.19. The van der Waals surface area contributed by atoms with Crippen molar-refractivity contribution in [1.29, 1.82) is 0 Å². The van der Waals surface area contributed by atoms with Crippen LogP contribution >= 0.6 is 0 Å². The number of hydrogen-bond acceptors (Lipinski definition) is 1. The number of hydrogen-bond donors (Lipinski definition) is 1. The lowest BCUT2D eigenvalue weighted by atomic mass is 9.97. The minimum atomic E-state index is 0.0595. The Balaban J connectivity index is 1.70. The van der Waals surface area contributed by atoms with Crippen LogP contribution in [0.15, 0.2) is 30.3 Å². The normalized spacial score (nSPS) is 17.1. The summed E-state index contributed by atoms with van der Waals surface area (Å²) < 4.78 is 0. The number of amides is 1. The van der Waals surface area contributed by atoms with E-state index in [0.717, 1.165) is 24.4 Å². The summed E-state index contributed by atoms with van der Waals surface area (Å²) in [7, 11) is 0. The molecule has 0 unspecified atom stereocenters. The molecule has 0 bridgehead atoms. The highest BCUT2D eigenvalue weighted by atomic mass is 16.1. The van der Waals surface area contributed by atoms with Crippen LogP contribution in [-0.2, 0) is 0 Å². The van der Waals surface area contributed by atoms with Crippen LogP contribution in [0.1, 0.15) is 55.3 Å². The Labute approximate surface area is 110 Å². The first kappa shape index (κ1) is 13.1. The molecule has 98 valence electrons. The molecule has 0 radical (unpaired) electrons. The summed E-state index contributed by atoms with van der Waals surface area (Å²) in [5, 5.41) is 3.03. The van der Waals surface area contributed by atoms with E-state index < -0.39 is 0 Å². The number of carbonyl (C=O) groups excluding carboxylic acids is 1. The second kappa shape index (κ2) is 7.20. The van der Waals surface area contributed by atoms with Crippen molar-refractivity contribution in [3.05, 3.63) is 35.9 Å². The van der Waals surface area contributed by atoms with Gasteiger partial charge in [-0.15, -0.1) is 0 Å². The molecule has 0 atom stereocenters. The van der Waals surface area contributed by atoms with Crippen LogP contribution in [0.5, 0.6) is 0 Å². The molecular formula is C16H23NO. The lowest BCUT2D eigenvalue weighted by molar-refractivity contribution is 0.0951. The first-order valence-corrected chi connectivity index (χ1v) is 7.19. The molecule has 1 aliphatic rings. The molecular weight excluding hydrogens is 222 g/mol. The fraction of sp³-hybridized carbons (Fsp3) is 0.562. The Kier molecular flexibility index (Phi) is 5.25. The molecule has 1 fully saturated rings. The lowest BCUT2D eigenvalue weighted by Gasteiger charge is -2.14. The molecule has 0 spiro atoms. The van der Waals surface area contributed by atoms with E-state index in [2.05, 4.69) is 5.32 Å². The van der Waals surface area contributed by atoms with Gasteiger partial charge in [0.2, 0.25) is 0 Å². The number of benzene rings is 1. The third-order valence-electron chi connectivity index (χ3n) is 3.85. The van der Waals surface area contributed by atoms with Gasteiger partial charge < -0.3 is 5.32 Å². The quantitative estimate of drug-likeness (QED) is 0.804. The maximum Gasteiger partial charge on any atom is 0.251 e. The van der Waals surface area contributed by atoms with Crippen molar-refractivity contribution in [2.45, 2.75) is 44.9 Å². The van der Waals surface area contributed by atoms with Crippen LogP contribution in [0.2, 0.25) is 0 Å². The highest BCUT2D eigenvalue weighted by Crippen LogP contribution is 2.24. The Hall–Kier alpha value is -1.31. The summed E-state index contributed by atoms with van der Waals surface area (Å²) in [6.45, 7) is 0.818. The predicted molar refractivity (Wildman–Crippen MR) is 74.6 cm³/mol. The molecule has 0 aromatic heterocycles. The molecule has 1 saturated carbocycles. The molecule has 1 N–H and O–H groups in total. The van der Waals surface area contributed by atoms with Crippen molar-refractivity contribution < 1.29 is 4.79 Å². The van der Waals surface area contributed by atoms with Gasteiger partial charge in [0.25, 0.3) is 5.91 Å². The molecule has 2 heteroatoms. The largest absolute Gasteiger partial charge is 0.352 e. The van der Waals surface area contributed by atoms with Crippen molar-refractivity contribution in [1.82, 2.24) is 5.32 Å². The van der Waals surface area contributed by atoms with Gasteiger partial charge in [0, 0.05) is 12.1 Å². The third kappa shape index (κ3) is 4.17. The van der Waals surface area contributed by atoms with Crippen LogP contribution in [0.3, 0.4) is 0 Å². The van der Waals surface area contributed by atoms with E-state index in [0.29, 0.717) is 0 Å². The van der Waals surface area contributed by atoms with Gasteiger partial charge in [0.15, 0.2) is 0 Å². The van der Waals surface area contributed by atoms with Gasteiger partial charge in [-0.25, -0.2) is 0 Å². The number of carbonyl (C=O) groups is 1. The summed E-state index contributed by atoms with van der Waals surface area (Å²) >= 11 is 0. The summed E-state index contributed by atoms with van der Waals surface area (Å²) in [6.07, 6.45) is 9.37. The van der Waals surface area contributed by atoms with Gasteiger partial charge in [0.05, 0.1) is 0 Å². The first-order chi connectivity index (χ1) is 8.86. The Bertz CT molecular complexity index is 353. The second-order valence-corrected chi connectivity index (χ2v) is 5.27. The second-order valence-electron chi connectivity index (χ2n) is 5.27. The predicted octanol–water partition coefficient (Wildman–Crippen LogP) is 3.78. The smallest absolute Gasteiger partial charge is 0.251 e. The average molecular weight is 245 g/mol. The van der Waals surface area contributed by atoms with E-state index in [1.165, 1.54) is 38.5 Å². The van der Waals surface area contributed by atoms with Crippen LogP contribution in [0.4, 0.5) is 0 Å². The summed E-state index contributed by atoms with van der Waals surface area (Å²) in [5.74, 6) is 0.882. The zero-order valence-corrected chi connectivity index (χ0v) is 11.0. The molecule has 1 aromatic carbocycles. The fourth-order valence-electron chi connectivity index (χ4n) is 2.73. The molecule has 0 heterocycles. The maximum absolute atomic E-state index is 11.8. The molecule has 2 rings (SSSR count). The molecule has 0 aliphatic heterocycles. The van der Waals surface area contributed by atoms with Gasteiger partial charge in [-0.2, -0.15) is 0 Å². The van der Waals surface area contributed by atoms with E-state index in [-0.39, 0.29) is 5.91 Å². The SMILES string of the molecule is O=C(NCCC1CCCCCC1)c1ccccc1. The number of rotatable bonds is 4. The standard InChI is InChI=1S/C16H23NO/c18-16(15-10-6-3-7-11-15)17-13-12-14-8-4-1-2-5-9-14/h3,6-7,10-11,14H,1-2,4-5,8-9,12-13H2,(H,17,18). The highest BCUT2D eigenvalue weighted by Gasteiger charge is 2.12. The molecule has 1 aliphatic carbocycles. The highest BCUT2D eigenvalue weighted by molar-refractivity contribution is 5.94. The molecule has 1 aromatic rings. The maximum atomic E-state index is 11.8. The van der Waals surface area contributed by atoms with Crippen molar-refractivity contribution in [2.24, 2.45) is 5.92 Å². The van der Waals surface area contributed by atoms with Gasteiger partial charge in [-0.3, -0.25) is 4.79 Å². The average Bonchev–Trinajstić information content (AvgIpc) is 2.68. The Morgan fingerprint density at radius 3 is 2.39 bits per heavy atom. The van der Waals surface area contributed by atoms with Gasteiger partial charge in [-0.05, 0) is 24.5 Å².